The average molecular weight is 170 g/mol. The Morgan fingerprint density at radius 1 is 0.636 bits per heavy atom. The second-order valence-corrected chi connectivity index (χ2v) is 5.86. The summed E-state index contributed by atoms with van der Waals surface area (Å²) < 4.78 is 5.46. The highest BCUT2D eigenvalue weighted by Gasteiger charge is 2.18. The maximum atomic E-state index is 2.73. The highest BCUT2D eigenvalue weighted by molar-refractivity contribution is 6.28. The van der Waals surface area contributed by atoms with E-state index in [2.05, 4.69) is 9.13 Å². The molecule has 0 bridgehead atoms. The van der Waals surface area contributed by atoms with Crippen LogP contribution < -0.4 is 0 Å². The summed E-state index contributed by atoms with van der Waals surface area (Å²) in [6.07, 6.45) is 5.84. The Labute approximate surface area is 71.5 Å². The van der Waals surface area contributed by atoms with Crippen molar-refractivity contribution in [2.75, 3.05) is 26.2 Å². The first-order valence-corrected chi connectivity index (χ1v) is 6.16. The van der Waals surface area contributed by atoms with Crippen molar-refractivity contribution in [2.45, 2.75) is 25.7 Å². The van der Waals surface area contributed by atoms with Gasteiger partial charge in [-0.3, -0.25) is 0 Å². The molecule has 3 heteroatoms. The van der Waals surface area contributed by atoms with Gasteiger partial charge in [-0.15, -0.1) is 0 Å². The molecular weight excluding hydrogens is 152 g/mol. The van der Waals surface area contributed by atoms with E-state index in [0.717, 1.165) is 0 Å². The second kappa shape index (κ2) is 3.69. The third-order valence-corrected chi connectivity index (χ3v) is 4.86. The smallest absolute Gasteiger partial charge is 0.173 e. The first-order chi connectivity index (χ1) is 5.45. The summed E-state index contributed by atoms with van der Waals surface area (Å²) in [5, 5.41) is 0. The Morgan fingerprint density at radius 3 is 1.36 bits per heavy atom. The van der Waals surface area contributed by atoms with Crippen LogP contribution in [0.5, 0.6) is 0 Å². The van der Waals surface area contributed by atoms with E-state index in [0.29, 0.717) is 0 Å². The predicted octanol–water partition coefficient (Wildman–Crippen LogP) is 0.177. The molecule has 11 heavy (non-hydrogen) atoms. The van der Waals surface area contributed by atoms with Gasteiger partial charge in [0.25, 0.3) is 0 Å². The molecule has 0 spiro atoms. The quantitative estimate of drug-likeness (QED) is 0.545. The van der Waals surface area contributed by atoms with Gasteiger partial charge in [-0.2, -0.15) is 0 Å². The molecule has 0 aromatic heterocycles. The summed E-state index contributed by atoms with van der Waals surface area (Å²) >= 11 is 0. The summed E-state index contributed by atoms with van der Waals surface area (Å²) in [5.41, 5.74) is 0. The van der Waals surface area contributed by atoms with E-state index in [-0.39, 0.29) is 9.84 Å². The summed E-state index contributed by atoms with van der Waals surface area (Å²) in [6.45, 7) is 5.62. The Bertz CT molecular complexity index is 103. The molecule has 2 aliphatic heterocycles. The molecule has 2 heterocycles. The lowest BCUT2D eigenvalue weighted by atomic mass is 10.4. The van der Waals surface area contributed by atoms with Crippen molar-refractivity contribution in [3.63, 3.8) is 0 Å². The van der Waals surface area contributed by atoms with E-state index in [1.165, 1.54) is 51.9 Å². The van der Waals surface area contributed by atoms with Crippen molar-refractivity contribution >= 4 is 9.84 Å². The van der Waals surface area contributed by atoms with Crippen LogP contribution in [0.4, 0.5) is 0 Å². The Balaban J connectivity index is 1.71. The fourth-order valence-corrected chi connectivity index (χ4v) is 4.16. The summed E-state index contributed by atoms with van der Waals surface area (Å²) in [5.74, 6) is 0. The molecule has 0 atom stereocenters. The number of rotatable bonds is 2. The Morgan fingerprint density at radius 2 is 1.00 bits per heavy atom. The highest BCUT2D eigenvalue weighted by Crippen LogP contribution is 2.10. The number of hydrogen-bond acceptors (Lipinski definition) is 2. The predicted molar refractivity (Wildman–Crippen MR) is 50.2 cm³/mol. The molecule has 0 aliphatic carbocycles. The van der Waals surface area contributed by atoms with Gasteiger partial charge in [-0.05, 0) is 51.9 Å². The lowest BCUT2D eigenvalue weighted by Gasteiger charge is -2.21. The van der Waals surface area contributed by atoms with Crippen molar-refractivity contribution in [3.8, 4) is 0 Å². The van der Waals surface area contributed by atoms with Crippen LogP contribution in [0.1, 0.15) is 25.7 Å². The maximum absolute atomic E-state index is 2.73. The molecule has 0 aromatic rings. The lowest BCUT2D eigenvalue weighted by molar-refractivity contribution is 0.451. The summed E-state index contributed by atoms with van der Waals surface area (Å²) in [4.78, 5) is 0. The van der Waals surface area contributed by atoms with Crippen LogP contribution in [-0.4, -0.2) is 45.2 Å². The van der Waals surface area contributed by atoms with Crippen LogP contribution in [0.25, 0.3) is 0 Å². The van der Waals surface area contributed by atoms with Crippen LogP contribution in [0.15, 0.2) is 0 Å². The van der Waals surface area contributed by atoms with Gasteiger partial charge in [0.1, 0.15) is 0 Å². The Hall–Kier alpha value is 0.137. The van der Waals surface area contributed by atoms with Gasteiger partial charge in [0.2, 0.25) is 0 Å². The molecule has 2 nitrogen and oxygen atoms in total. The van der Waals surface area contributed by atoms with Crippen molar-refractivity contribution in [1.29, 1.82) is 0 Å². The fourth-order valence-electron chi connectivity index (χ4n) is 2.13. The summed E-state index contributed by atoms with van der Waals surface area (Å²) in [7, 11) is 0.0309. The van der Waals surface area contributed by atoms with Crippen LogP contribution >= 0.6 is 0 Å². The molecular formula is C8H18N2Si. The van der Waals surface area contributed by atoms with Crippen molar-refractivity contribution in [2.24, 2.45) is 0 Å². The molecule has 2 aliphatic rings. The van der Waals surface area contributed by atoms with Gasteiger partial charge in [-0.25, -0.2) is 0 Å². The van der Waals surface area contributed by atoms with E-state index >= 15 is 0 Å². The standard InChI is InChI=1S/C8H18N2Si/c1-2-6-9(5-1)11-10-7-3-4-8-10/h1-8,11H2. The van der Waals surface area contributed by atoms with Crippen molar-refractivity contribution in [1.82, 2.24) is 9.13 Å². The third kappa shape index (κ3) is 2.04. The largest absolute Gasteiger partial charge is 0.317 e. The zero-order chi connectivity index (χ0) is 7.52. The SMILES string of the molecule is C1CCN([SiH2]N2CCCC2)C1. The zero-order valence-electron chi connectivity index (χ0n) is 7.26. The molecule has 0 aromatic carbocycles. The third-order valence-electron chi connectivity index (χ3n) is 2.80. The minimum Gasteiger partial charge on any atom is -0.317 e. The van der Waals surface area contributed by atoms with Crippen LogP contribution in [0, 0.1) is 0 Å². The van der Waals surface area contributed by atoms with E-state index in [1.54, 1.807) is 0 Å². The van der Waals surface area contributed by atoms with Gasteiger partial charge in [0, 0.05) is 0 Å². The van der Waals surface area contributed by atoms with Crippen LogP contribution in [0.2, 0.25) is 0 Å². The average Bonchev–Trinajstić information content (AvgIpc) is 2.60. The minimum absolute atomic E-state index is 0.0309. The molecule has 2 rings (SSSR count). The number of nitrogens with zero attached hydrogens (tertiary/aromatic N) is 2. The first kappa shape index (κ1) is 7.77. The van der Waals surface area contributed by atoms with E-state index < -0.39 is 0 Å². The van der Waals surface area contributed by atoms with Gasteiger partial charge < -0.3 is 9.13 Å². The summed E-state index contributed by atoms with van der Waals surface area (Å²) in [6, 6.07) is 0. The molecule has 0 N–H and O–H groups in total. The van der Waals surface area contributed by atoms with E-state index in [9.17, 15) is 0 Å². The van der Waals surface area contributed by atoms with Gasteiger partial charge in [0.15, 0.2) is 9.84 Å². The minimum atomic E-state index is 0.0309. The van der Waals surface area contributed by atoms with Gasteiger partial charge >= 0.3 is 0 Å². The molecule has 2 saturated heterocycles. The monoisotopic (exact) mass is 170 g/mol. The molecule has 2 fully saturated rings. The molecule has 0 radical (unpaired) electrons. The van der Waals surface area contributed by atoms with E-state index in [1.807, 2.05) is 0 Å². The maximum Gasteiger partial charge on any atom is 0.173 e. The molecule has 64 valence electrons. The van der Waals surface area contributed by atoms with Crippen molar-refractivity contribution < 1.29 is 0 Å². The number of hydrogen-bond donors (Lipinski definition) is 0. The lowest BCUT2D eigenvalue weighted by Crippen LogP contribution is -2.38. The Kier molecular flexibility index (Phi) is 2.61. The first-order valence-electron chi connectivity index (χ1n) is 4.90. The van der Waals surface area contributed by atoms with Crippen LogP contribution in [0.3, 0.4) is 0 Å². The molecule has 0 amide bonds. The van der Waals surface area contributed by atoms with Gasteiger partial charge in [-0.1, -0.05) is 0 Å². The molecule has 0 unspecified atom stereocenters. The highest BCUT2D eigenvalue weighted by atomic mass is 28.2. The van der Waals surface area contributed by atoms with Gasteiger partial charge in [0.05, 0.1) is 0 Å². The topological polar surface area (TPSA) is 6.48 Å². The van der Waals surface area contributed by atoms with Crippen molar-refractivity contribution in [3.05, 3.63) is 0 Å². The van der Waals surface area contributed by atoms with Crippen LogP contribution in [-0.2, 0) is 0 Å². The zero-order valence-corrected chi connectivity index (χ0v) is 8.67. The van der Waals surface area contributed by atoms with E-state index in [4.69, 9.17) is 0 Å². The normalized spacial score (nSPS) is 28.4. The second-order valence-electron chi connectivity index (χ2n) is 3.79. The fraction of sp³-hybridized carbons (Fsp3) is 1.00. The molecule has 0 saturated carbocycles.